The Labute approximate surface area is 145 Å². The summed E-state index contributed by atoms with van der Waals surface area (Å²) in [7, 11) is 0. The van der Waals surface area contributed by atoms with E-state index in [9.17, 15) is 4.79 Å². The molecule has 118 valence electrons. The van der Waals surface area contributed by atoms with Crippen molar-refractivity contribution >= 4 is 45.7 Å². The molecule has 0 unspecified atom stereocenters. The van der Waals surface area contributed by atoms with Crippen LogP contribution in [0.25, 0.3) is 11.5 Å². The first-order valence-corrected chi connectivity index (χ1v) is 8.79. The standard InChI is InChI=1S/C14H11ClN4O2S2/c1-8(20)16-13-17-11(6-22-13)7-23-14-19-18-12(21-14)9-2-4-10(15)5-3-9/h2-6H,7H2,1H3,(H,16,17,20). The minimum atomic E-state index is -0.136. The molecule has 2 heterocycles. The van der Waals surface area contributed by atoms with Gasteiger partial charge in [0.25, 0.3) is 5.22 Å². The third kappa shape index (κ3) is 4.31. The van der Waals surface area contributed by atoms with Crippen molar-refractivity contribution in [1.82, 2.24) is 15.2 Å². The van der Waals surface area contributed by atoms with Crippen LogP contribution in [-0.2, 0) is 10.5 Å². The highest BCUT2D eigenvalue weighted by Crippen LogP contribution is 2.27. The van der Waals surface area contributed by atoms with Crippen molar-refractivity contribution in [2.75, 3.05) is 5.32 Å². The average Bonchev–Trinajstić information content (AvgIpc) is 3.14. The lowest BCUT2D eigenvalue weighted by Gasteiger charge is -1.95. The van der Waals surface area contributed by atoms with Gasteiger partial charge in [-0.15, -0.1) is 21.5 Å². The van der Waals surface area contributed by atoms with E-state index in [1.807, 2.05) is 17.5 Å². The zero-order chi connectivity index (χ0) is 16.2. The van der Waals surface area contributed by atoms with Crippen LogP contribution in [0.3, 0.4) is 0 Å². The molecule has 0 aliphatic rings. The lowest BCUT2D eigenvalue weighted by molar-refractivity contribution is -0.114. The molecule has 0 aliphatic carbocycles. The molecule has 0 saturated heterocycles. The van der Waals surface area contributed by atoms with Crippen LogP contribution in [0.2, 0.25) is 5.02 Å². The first-order chi connectivity index (χ1) is 11.1. The van der Waals surface area contributed by atoms with Crippen molar-refractivity contribution in [2.45, 2.75) is 17.9 Å². The van der Waals surface area contributed by atoms with Crippen LogP contribution in [0.1, 0.15) is 12.6 Å². The second-order valence-electron chi connectivity index (χ2n) is 4.49. The van der Waals surface area contributed by atoms with Crippen LogP contribution < -0.4 is 5.32 Å². The number of carbonyl (C=O) groups excluding carboxylic acids is 1. The number of halogens is 1. The summed E-state index contributed by atoms with van der Waals surface area (Å²) in [5.41, 5.74) is 1.66. The predicted molar refractivity (Wildman–Crippen MR) is 90.7 cm³/mol. The number of rotatable bonds is 5. The molecular weight excluding hydrogens is 356 g/mol. The third-order valence-electron chi connectivity index (χ3n) is 2.68. The van der Waals surface area contributed by atoms with Crippen molar-refractivity contribution in [2.24, 2.45) is 0 Å². The van der Waals surface area contributed by atoms with E-state index in [2.05, 4.69) is 20.5 Å². The summed E-state index contributed by atoms with van der Waals surface area (Å²) in [4.78, 5) is 15.3. The van der Waals surface area contributed by atoms with Gasteiger partial charge in [0.05, 0.1) is 5.69 Å². The molecule has 9 heteroatoms. The van der Waals surface area contributed by atoms with E-state index >= 15 is 0 Å². The summed E-state index contributed by atoms with van der Waals surface area (Å²) < 4.78 is 5.61. The van der Waals surface area contributed by atoms with Gasteiger partial charge in [0.1, 0.15) is 0 Å². The van der Waals surface area contributed by atoms with E-state index in [-0.39, 0.29) is 5.91 Å². The molecule has 3 rings (SSSR count). The first-order valence-electron chi connectivity index (χ1n) is 6.54. The maximum absolute atomic E-state index is 11.0. The SMILES string of the molecule is CC(=O)Nc1nc(CSc2nnc(-c3ccc(Cl)cc3)o2)cs1. The number of carbonyl (C=O) groups is 1. The van der Waals surface area contributed by atoms with Gasteiger partial charge in [0.15, 0.2) is 5.13 Å². The Hall–Kier alpha value is -1.90. The molecular formula is C14H11ClN4O2S2. The quantitative estimate of drug-likeness (QED) is 0.685. The average molecular weight is 367 g/mol. The zero-order valence-electron chi connectivity index (χ0n) is 11.9. The highest BCUT2D eigenvalue weighted by Gasteiger charge is 2.10. The van der Waals surface area contributed by atoms with E-state index in [0.29, 0.717) is 27.0 Å². The maximum Gasteiger partial charge on any atom is 0.277 e. The number of aromatic nitrogens is 3. The van der Waals surface area contributed by atoms with Gasteiger partial charge < -0.3 is 9.73 Å². The highest BCUT2D eigenvalue weighted by molar-refractivity contribution is 7.98. The van der Waals surface area contributed by atoms with E-state index in [4.69, 9.17) is 16.0 Å². The topological polar surface area (TPSA) is 80.9 Å². The molecule has 0 aliphatic heterocycles. The van der Waals surface area contributed by atoms with Gasteiger partial charge >= 0.3 is 0 Å². The summed E-state index contributed by atoms with van der Waals surface area (Å²) in [5, 5.41) is 14.3. The number of thiazole rings is 1. The lowest BCUT2D eigenvalue weighted by Crippen LogP contribution is -2.05. The molecule has 0 spiro atoms. The molecule has 2 aromatic heterocycles. The van der Waals surface area contributed by atoms with Crippen LogP contribution in [0.5, 0.6) is 0 Å². The molecule has 1 aromatic carbocycles. The molecule has 3 aromatic rings. The van der Waals surface area contributed by atoms with Crippen LogP contribution in [0.4, 0.5) is 5.13 Å². The molecule has 0 fully saturated rings. The molecule has 1 amide bonds. The van der Waals surface area contributed by atoms with Crippen molar-refractivity contribution < 1.29 is 9.21 Å². The molecule has 0 bridgehead atoms. The maximum atomic E-state index is 11.0. The monoisotopic (exact) mass is 366 g/mol. The summed E-state index contributed by atoms with van der Waals surface area (Å²) in [6.45, 7) is 1.45. The van der Waals surface area contributed by atoms with Crippen molar-refractivity contribution in [3.05, 3.63) is 40.4 Å². The number of benzene rings is 1. The Kier molecular flexibility index (Phi) is 4.94. The van der Waals surface area contributed by atoms with Crippen LogP contribution in [0, 0.1) is 0 Å². The van der Waals surface area contributed by atoms with Gasteiger partial charge in [-0.1, -0.05) is 23.4 Å². The first kappa shape index (κ1) is 16.0. The third-order valence-corrected chi connectivity index (χ3v) is 4.59. The Bertz CT molecular complexity index is 816. The van der Waals surface area contributed by atoms with Crippen LogP contribution in [0.15, 0.2) is 39.3 Å². The summed E-state index contributed by atoms with van der Waals surface area (Å²) in [6.07, 6.45) is 0. The van der Waals surface area contributed by atoms with Crippen LogP contribution >= 0.6 is 34.7 Å². The number of thioether (sulfide) groups is 1. The Morgan fingerprint density at radius 3 is 2.87 bits per heavy atom. The molecule has 0 atom stereocenters. The van der Waals surface area contributed by atoms with Gasteiger partial charge in [-0.25, -0.2) is 4.98 Å². The fourth-order valence-corrected chi connectivity index (χ4v) is 3.34. The molecule has 0 radical (unpaired) electrons. The van der Waals surface area contributed by atoms with E-state index in [1.165, 1.54) is 30.0 Å². The smallest absolute Gasteiger partial charge is 0.277 e. The Balaban J connectivity index is 1.62. The fourth-order valence-electron chi connectivity index (χ4n) is 1.69. The van der Waals surface area contributed by atoms with Crippen molar-refractivity contribution in [3.8, 4) is 11.5 Å². The number of anilines is 1. The highest BCUT2D eigenvalue weighted by atomic mass is 35.5. The number of amides is 1. The molecule has 1 N–H and O–H groups in total. The summed E-state index contributed by atoms with van der Waals surface area (Å²) in [5.74, 6) is 0.891. The Morgan fingerprint density at radius 1 is 1.35 bits per heavy atom. The number of hydrogen-bond donors (Lipinski definition) is 1. The van der Waals surface area contributed by atoms with Crippen LogP contribution in [-0.4, -0.2) is 21.1 Å². The van der Waals surface area contributed by atoms with Gasteiger partial charge in [-0.05, 0) is 24.3 Å². The molecule has 23 heavy (non-hydrogen) atoms. The van der Waals surface area contributed by atoms with E-state index < -0.39 is 0 Å². The normalized spacial score (nSPS) is 10.7. The number of nitrogens with zero attached hydrogens (tertiary/aromatic N) is 3. The van der Waals surface area contributed by atoms with E-state index in [1.54, 1.807) is 12.1 Å². The van der Waals surface area contributed by atoms with Gasteiger partial charge in [-0.3, -0.25) is 4.79 Å². The Morgan fingerprint density at radius 2 is 2.13 bits per heavy atom. The zero-order valence-corrected chi connectivity index (χ0v) is 14.3. The molecule has 6 nitrogen and oxygen atoms in total. The second kappa shape index (κ2) is 7.12. The van der Waals surface area contributed by atoms with Crippen molar-refractivity contribution in [1.29, 1.82) is 0 Å². The minimum Gasteiger partial charge on any atom is -0.411 e. The summed E-state index contributed by atoms with van der Waals surface area (Å²) >= 11 is 8.62. The molecule has 0 saturated carbocycles. The largest absolute Gasteiger partial charge is 0.411 e. The second-order valence-corrected chi connectivity index (χ2v) is 6.72. The number of hydrogen-bond acceptors (Lipinski definition) is 7. The van der Waals surface area contributed by atoms with Gasteiger partial charge in [-0.2, -0.15) is 0 Å². The van der Waals surface area contributed by atoms with Crippen molar-refractivity contribution in [3.63, 3.8) is 0 Å². The van der Waals surface area contributed by atoms with Gasteiger partial charge in [0, 0.05) is 28.6 Å². The predicted octanol–water partition coefficient (Wildman–Crippen LogP) is 4.10. The summed E-state index contributed by atoms with van der Waals surface area (Å²) in [6, 6.07) is 7.19. The van der Waals surface area contributed by atoms with Gasteiger partial charge in [0.2, 0.25) is 11.8 Å². The minimum absolute atomic E-state index is 0.136. The number of nitrogens with one attached hydrogen (secondary N) is 1. The van der Waals surface area contributed by atoms with E-state index in [0.717, 1.165) is 11.3 Å². The lowest BCUT2D eigenvalue weighted by atomic mass is 10.2. The fraction of sp³-hybridized carbons (Fsp3) is 0.143.